The van der Waals surface area contributed by atoms with E-state index < -0.39 is 0 Å². The van der Waals surface area contributed by atoms with Gasteiger partial charge in [-0.05, 0) is 25.0 Å². The quantitative estimate of drug-likeness (QED) is 0.757. The molecule has 15 heavy (non-hydrogen) atoms. The van der Waals surface area contributed by atoms with Crippen LogP contribution in [0.5, 0.6) is 0 Å². The van der Waals surface area contributed by atoms with Crippen LogP contribution in [0.2, 0.25) is 0 Å². The first kappa shape index (κ1) is 11.5. The maximum Gasteiger partial charge on any atom is 0.140 e. The number of hydrogen-bond donors (Lipinski definition) is 0. The van der Waals surface area contributed by atoms with Crippen molar-refractivity contribution < 1.29 is 0 Å². The molecule has 0 saturated heterocycles. The van der Waals surface area contributed by atoms with Gasteiger partial charge in [-0.1, -0.05) is 13.8 Å². The first-order valence-corrected chi connectivity index (χ1v) is 5.15. The van der Waals surface area contributed by atoms with Crippen LogP contribution in [0.3, 0.4) is 0 Å². The third-order valence-corrected chi connectivity index (χ3v) is 2.85. The molecule has 1 atom stereocenters. The minimum absolute atomic E-state index is 0.458. The standard InChI is InChI=1S/C12H17N3/c1-9(2)10(3)15(4)12-6-5-11(7-13)14-8-12/h5-6,8-10H,1-4H3. The van der Waals surface area contributed by atoms with E-state index in [0.717, 1.165) is 5.69 Å². The molecule has 0 N–H and O–H groups in total. The monoisotopic (exact) mass is 203 g/mol. The van der Waals surface area contributed by atoms with Crippen LogP contribution >= 0.6 is 0 Å². The summed E-state index contributed by atoms with van der Waals surface area (Å²) >= 11 is 0. The third-order valence-electron chi connectivity index (χ3n) is 2.85. The fraction of sp³-hybridized carbons (Fsp3) is 0.500. The number of rotatable bonds is 3. The van der Waals surface area contributed by atoms with E-state index >= 15 is 0 Å². The van der Waals surface area contributed by atoms with Gasteiger partial charge in [0.2, 0.25) is 0 Å². The van der Waals surface area contributed by atoms with Crippen molar-refractivity contribution in [2.45, 2.75) is 26.8 Å². The number of hydrogen-bond acceptors (Lipinski definition) is 3. The maximum atomic E-state index is 8.64. The van der Waals surface area contributed by atoms with E-state index in [-0.39, 0.29) is 0 Å². The average Bonchev–Trinajstić information content (AvgIpc) is 2.27. The Morgan fingerprint density at radius 1 is 1.33 bits per heavy atom. The molecule has 0 aromatic carbocycles. The summed E-state index contributed by atoms with van der Waals surface area (Å²) in [6.07, 6.45) is 1.75. The van der Waals surface area contributed by atoms with Gasteiger partial charge in [0.25, 0.3) is 0 Å². The molecule has 0 radical (unpaired) electrons. The molecule has 80 valence electrons. The van der Waals surface area contributed by atoms with Crippen molar-refractivity contribution in [3.8, 4) is 6.07 Å². The van der Waals surface area contributed by atoms with Gasteiger partial charge in [-0.15, -0.1) is 0 Å². The van der Waals surface area contributed by atoms with Crippen LogP contribution in [-0.4, -0.2) is 18.1 Å². The topological polar surface area (TPSA) is 39.9 Å². The zero-order chi connectivity index (χ0) is 11.4. The Kier molecular flexibility index (Phi) is 3.68. The third kappa shape index (κ3) is 2.69. The van der Waals surface area contributed by atoms with E-state index in [9.17, 15) is 0 Å². The molecule has 0 aliphatic carbocycles. The van der Waals surface area contributed by atoms with E-state index in [1.165, 1.54) is 0 Å². The number of nitriles is 1. The Morgan fingerprint density at radius 3 is 2.40 bits per heavy atom. The van der Waals surface area contributed by atoms with Crippen molar-refractivity contribution in [1.82, 2.24) is 4.98 Å². The van der Waals surface area contributed by atoms with Crippen LogP contribution in [0.1, 0.15) is 26.5 Å². The summed E-state index contributed by atoms with van der Waals surface area (Å²) in [7, 11) is 2.05. The van der Waals surface area contributed by atoms with Gasteiger partial charge in [0.05, 0.1) is 11.9 Å². The predicted octanol–water partition coefficient (Wildman–Crippen LogP) is 2.43. The molecular weight excluding hydrogens is 186 g/mol. The molecule has 3 nitrogen and oxygen atoms in total. The summed E-state index contributed by atoms with van der Waals surface area (Å²) in [5.74, 6) is 0.589. The summed E-state index contributed by atoms with van der Waals surface area (Å²) < 4.78 is 0. The highest BCUT2D eigenvalue weighted by molar-refractivity contribution is 5.45. The van der Waals surface area contributed by atoms with Gasteiger partial charge in [0, 0.05) is 13.1 Å². The van der Waals surface area contributed by atoms with Crippen molar-refractivity contribution in [3.05, 3.63) is 24.0 Å². The molecule has 1 aromatic heterocycles. The van der Waals surface area contributed by atoms with Crippen molar-refractivity contribution in [1.29, 1.82) is 5.26 Å². The second-order valence-electron chi connectivity index (χ2n) is 4.11. The smallest absolute Gasteiger partial charge is 0.140 e. The van der Waals surface area contributed by atoms with Gasteiger partial charge in [0.15, 0.2) is 0 Å². The van der Waals surface area contributed by atoms with Crippen LogP contribution in [0, 0.1) is 17.2 Å². The van der Waals surface area contributed by atoms with E-state index in [1.54, 1.807) is 12.3 Å². The van der Waals surface area contributed by atoms with Gasteiger partial charge < -0.3 is 4.90 Å². The number of aromatic nitrogens is 1. The summed E-state index contributed by atoms with van der Waals surface area (Å²) in [6.45, 7) is 6.57. The van der Waals surface area contributed by atoms with E-state index in [0.29, 0.717) is 17.7 Å². The Labute approximate surface area is 91.4 Å². The lowest BCUT2D eigenvalue weighted by Gasteiger charge is -2.29. The van der Waals surface area contributed by atoms with Crippen LogP contribution in [0.25, 0.3) is 0 Å². The van der Waals surface area contributed by atoms with E-state index in [4.69, 9.17) is 5.26 Å². The molecule has 0 bridgehead atoms. The maximum absolute atomic E-state index is 8.64. The average molecular weight is 203 g/mol. The van der Waals surface area contributed by atoms with Crippen LogP contribution in [0.15, 0.2) is 18.3 Å². The van der Waals surface area contributed by atoms with Crippen molar-refractivity contribution >= 4 is 5.69 Å². The van der Waals surface area contributed by atoms with Crippen molar-refractivity contribution in [2.75, 3.05) is 11.9 Å². The van der Waals surface area contributed by atoms with Gasteiger partial charge >= 0.3 is 0 Å². The second-order valence-corrected chi connectivity index (χ2v) is 4.11. The Balaban J connectivity index is 2.83. The molecule has 0 aliphatic rings. The predicted molar refractivity (Wildman–Crippen MR) is 61.7 cm³/mol. The zero-order valence-electron chi connectivity index (χ0n) is 9.73. The number of pyridine rings is 1. The Hall–Kier alpha value is -1.56. The minimum atomic E-state index is 0.458. The zero-order valence-corrected chi connectivity index (χ0v) is 9.73. The molecule has 0 spiro atoms. The molecule has 3 heteroatoms. The fourth-order valence-electron chi connectivity index (χ4n) is 1.34. The highest BCUT2D eigenvalue weighted by atomic mass is 15.1. The fourth-order valence-corrected chi connectivity index (χ4v) is 1.34. The van der Waals surface area contributed by atoms with Crippen LogP contribution in [-0.2, 0) is 0 Å². The highest BCUT2D eigenvalue weighted by Gasteiger charge is 2.13. The lowest BCUT2D eigenvalue weighted by Crippen LogP contribution is -2.33. The SMILES string of the molecule is CC(C)C(C)N(C)c1ccc(C#N)nc1. The summed E-state index contributed by atoms with van der Waals surface area (Å²) in [5.41, 5.74) is 1.51. The molecule has 1 heterocycles. The molecule has 1 rings (SSSR count). The van der Waals surface area contributed by atoms with Gasteiger partial charge in [0.1, 0.15) is 11.8 Å². The van der Waals surface area contributed by atoms with E-state index in [2.05, 4.69) is 30.7 Å². The second kappa shape index (κ2) is 4.79. The summed E-state index contributed by atoms with van der Waals surface area (Å²) in [5, 5.41) is 8.64. The van der Waals surface area contributed by atoms with Gasteiger partial charge in [-0.2, -0.15) is 5.26 Å². The Morgan fingerprint density at radius 2 is 2.00 bits per heavy atom. The van der Waals surface area contributed by atoms with Crippen molar-refractivity contribution in [3.63, 3.8) is 0 Å². The van der Waals surface area contributed by atoms with Crippen LogP contribution < -0.4 is 4.90 Å². The molecule has 1 unspecified atom stereocenters. The number of nitrogens with zero attached hydrogens (tertiary/aromatic N) is 3. The summed E-state index contributed by atoms with van der Waals surface area (Å²) in [4.78, 5) is 6.24. The van der Waals surface area contributed by atoms with E-state index in [1.807, 2.05) is 19.2 Å². The minimum Gasteiger partial charge on any atom is -0.370 e. The van der Waals surface area contributed by atoms with Gasteiger partial charge in [-0.25, -0.2) is 4.98 Å². The largest absolute Gasteiger partial charge is 0.370 e. The van der Waals surface area contributed by atoms with Crippen LogP contribution in [0.4, 0.5) is 5.69 Å². The lowest BCUT2D eigenvalue weighted by molar-refractivity contribution is 0.505. The molecular formula is C12H17N3. The highest BCUT2D eigenvalue weighted by Crippen LogP contribution is 2.17. The number of anilines is 1. The van der Waals surface area contributed by atoms with Gasteiger partial charge in [-0.3, -0.25) is 0 Å². The normalized spacial score (nSPS) is 12.3. The molecule has 0 aliphatic heterocycles. The van der Waals surface area contributed by atoms with Crippen molar-refractivity contribution in [2.24, 2.45) is 5.92 Å². The Bertz CT molecular complexity index is 348. The lowest BCUT2D eigenvalue weighted by atomic mass is 10.0. The first-order valence-electron chi connectivity index (χ1n) is 5.15. The first-order chi connectivity index (χ1) is 7.06. The summed E-state index contributed by atoms with van der Waals surface area (Å²) in [6, 6.07) is 6.16. The molecule has 0 fully saturated rings. The molecule has 1 aromatic rings. The molecule has 0 saturated carbocycles. The molecule has 0 amide bonds.